The van der Waals surface area contributed by atoms with Crippen LogP contribution in [0.15, 0.2) is 35.6 Å². The topological polar surface area (TPSA) is 70.4 Å². The van der Waals surface area contributed by atoms with Crippen LogP contribution in [0.3, 0.4) is 0 Å². The molecule has 0 radical (unpaired) electrons. The number of nitrogens with one attached hydrogen (secondary N) is 2. The summed E-state index contributed by atoms with van der Waals surface area (Å²) in [5.74, 6) is 1.97. The van der Waals surface area contributed by atoms with E-state index in [1.165, 1.54) is 49.9 Å². The molecular weight excluding hydrogens is 374 g/mol. The van der Waals surface area contributed by atoms with Crippen molar-refractivity contribution in [3.63, 3.8) is 0 Å². The minimum absolute atomic E-state index is 0.323. The van der Waals surface area contributed by atoms with Crippen LogP contribution in [0, 0.1) is 0 Å². The Labute approximate surface area is 180 Å². The van der Waals surface area contributed by atoms with Gasteiger partial charge in [0.2, 0.25) is 0 Å². The lowest BCUT2D eigenvalue weighted by Gasteiger charge is -2.25. The Kier molecular flexibility index (Phi) is 7.34. The fraction of sp³-hybridized carbons (Fsp3) is 0.609. The van der Waals surface area contributed by atoms with E-state index < -0.39 is 0 Å². The van der Waals surface area contributed by atoms with Crippen molar-refractivity contribution in [1.29, 1.82) is 0 Å². The van der Waals surface area contributed by atoms with Crippen molar-refractivity contribution in [2.45, 2.75) is 71.1 Å². The van der Waals surface area contributed by atoms with Crippen LogP contribution < -0.4 is 10.6 Å². The van der Waals surface area contributed by atoms with Gasteiger partial charge >= 0.3 is 0 Å². The first-order valence-electron chi connectivity index (χ1n) is 11.5. The van der Waals surface area contributed by atoms with Crippen LogP contribution in [0.5, 0.6) is 0 Å². The summed E-state index contributed by atoms with van der Waals surface area (Å²) in [5, 5.41) is 11.3. The highest BCUT2D eigenvalue weighted by Gasteiger charge is 2.20. The first-order chi connectivity index (χ1) is 14.8. The Morgan fingerprint density at radius 1 is 1.13 bits per heavy atom. The van der Waals surface area contributed by atoms with E-state index >= 15 is 0 Å². The standard InChI is InChI=1S/C23H35N7/c1-2-24-23(28-21-11-12-22-26-18-27-30(22)17-21)25-15-19-9-5-6-10-20(19)16-29-13-7-3-4-8-14-29/h5-6,9-10,18,21H,2-4,7-8,11-17H2,1H3,(H2,24,25,28). The van der Waals surface area contributed by atoms with E-state index in [4.69, 9.17) is 4.99 Å². The molecule has 1 fully saturated rings. The molecule has 0 bridgehead atoms. The van der Waals surface area contributed by atoms with Gasteiger partial charge in [0.25, 0.3) is 0 Å². The number of aromatic nitrogens is 3. The predicted octanol–water partition coefficient (Wildman–Crippen LogP) is 2.72. The van der Waals surface area contributed by atoms with E-state index in [0.29, 0.717) is 12.6 Å². The van der Waals surface area contributed by atoms with Crippen molar-refractivity contribution in [1.82, 2.24) is 30.3 Å². The van der Waals surface area contributed by atoms with Gasteiger partial charge in [-0.3, -0.25) is 4.90 Å². The molecule has 0 aliphatic carbocycles. The van der Waals surface area contributed by atoms with E-state index in [2.05, 4.69) is 56.8 Å². The summed E-state index contributed by atoms with van der Waals surface area (Å²) in [5.41, 5.74) is 2.73. The van der Waals surface area contributed by atoms with Crippen LogP contribution in [0.25, 0.3) is 0 Å². The second-order valence-electron chi connectivity index (χ2n) is 8.39. The molecule has 2 N–H and O–H groups in total. The number of rotatable bonds is 6. The zero-order valence-corrected chi connectivity index (χ0v) is 18.2. The lowest BCUT2D eigenvalue weighted by atomic mass is 10.1. The highest BCUT2D eigenvalue weighted by atomic mass is 15.4. The third-order valence-corrected chi connectivity index (χ3v) is 6.11. The highest BCUT2D eigenvalue weighted by Crippen LogP contribution is 2.17. The summed E-state index contributed by atoms with van der Waals surface area (Å²) in [7, 11) is 0. The van der Waals surface area contributed by atoms with Crippen LogP contribution in [-0.4, -0.2) is 51.3 Å². The van der Waals surface area contributed by atoms with Crippen molar-refractivity contribution >= 4 is 5.96 Å². The van der Waals surface area contributed by atoms with Crippen molar-refractivity contribution in [3.8, 4) is 0 Å². The van der Waals surface area contributed by atoms with E-state index in [-0.39, 0.29) is 0 Å². The summed E-state index contributed by atoms with van der Waals surface area (Å²) in [6.45, 7) is 7.96. The molecule has 162 valence electrons. The molecule has 0 saturated carbocycles. The Balaban J connectivity index is 1.40. The molecule has 0 amide bonds. The first-order valence-corrected chi connectivity index (χ1v) is 11.5. The molecule has 4 rings (SSSR count). The largest absolute Gasteiger partial charge is 0.357 e. The quantitative estimate of drug-likeness (QED) is 0.567. The molecule has 0 spiro atoms. The van der Waals surface area contributed by atoms with Crippen LogP contribution in [0.2, 0.25) is 0 Å². The second kappa shape index (κ2) is 10.6. The van der Waals surface area contributed by atoms with Gasteiger partial charge in [0.15, 0.2) is 5.96 Å². The van der Waals surface area contributed by atoms with Gasteiger partial charge in [-0.1, -0.05) is 37.1 Å². The second-order valence-corrected chi connectivity index (χ2v) is 8.39. The average molecular weight is 410 g/mol. The fourth-order valence-corrected chi connectivity index (χ4v) is 4.43. The van der Waals surface area contributed by atoms with Gasteiger partial charge in [0.05, 0.1) is 13.1 Å². The minimum Gasteiger partial charge on any atom is -0.357 e. The smallest absolute Gasteiger partial charge is 0.191 e. The number of guanidine groups is 1. The van der Waals surface area contributed by atoms with Crippen molar-refractivity contribution < 1.29 is 0 Å². The lowest BCUT2D eigenvalue weighted by Crippen LogP contribution is -2.47. The van der Waals surface area contributed by atoms with Gasteiger partial charge in [-0.15, -0.1) is 0 Å². The number of hydrogen-bond donors (Lipinski definition) is 2. The molecule has 7 nitrogen and oxygen atoms in total. The SMILES string of the molecule is CCNC(=NCc1ccccc1CN1CCCCCC1)NC1CCc2ncnn2C1. The molecule has 1 aromatic heterocycles. The molecule has 1 atom stereocenters. The first kappa shape index (κ1) is 20.8. The summed E-state index contributed by atoms with van der Waals surface area (Å²) >= 11 is 0. The maximum atomic E-state index is 4.92. The minimum atomic E-state index is 0.323. The summed E-state index contributed by atoms with van der Waals surface area (Å²) < 4.78 is 2.00. The number of aryl methyl sites for hydroxylation is 1. The monoisotopic (exact) mass is 409 g/mol. The predicted molar refractivity (Wildman–Crippen MR) is 120 cm³/mol. The van der Waals surface area contributed by atoms with Crippen molar-refractivity contribution in [2.75, 3.05) is 19.6 Å². The molecule has 2 aromatic rings. The molecule has 2 aliphatic heterocycles. The normalized spacial score (nSPS) is 20.4. The molecule has 2 aliphatic rings. The lowest BCUT2D eigenvalue weighted by molar-refractivity contribution is 0.276. The van der Waals surface area contributed by atoms with Crippen LogP contribution in [0.4, 0.5) is 0 Å². The van der Waals surface area contributed by atoms with E-state index in [1.54, 1.807) is 6.33 Å². The van der Waals surface area contributed by atoms with E-state index in [9.17, 15) is 0 Å². The number of nitrogens with zero attached hydrogens (tertiary/aromatic N) is 5. The van der Waals surface area contributed by atoms with Gasteiger partial charge in [-0.2, -0.15) is 5.10 Å². The molecule has 3 heterocycles. The maximum Gasteiger partial charge on any atom is 0.191 e. The number of aliphatic imine (C=N–C) groups is 1. The van der Waals surface area contributed by atoms with Gasteiger partial charge < -0.3 is 10.6 Å². The number of fused-ring (bicyclic) bond motifs is 1. The van der Waals surface area contributed by atoms with Crippen LogP contribution in [0.1, 0.15) is 56.0 Å². The number of hydrogen-bond acceptors (Lipinski definition) is 4. The Hall–Kier alpha value is -2.41. The Morgan fingerprint density at radius 3 is 2.73 bits per heavy atom. The molecule has 7 heteroatoms. The van der Waals surface area contributed by atoms with Crippen molar-refractivity contribution in [2.24, 2.45) is 4.99 Å². The summed E-state index contributed by atoms with van der Waals surface area (Å²) in [6.07, 6.45) is 9.05. The molecular formula is C23H35N7. The zero-order valence-electron chi connectivity index (χ0n) is 18.2. The van der Waals surface area contributed by atoms with E-state index in [1.807, 2.05) is 4.68 Å². The third kappa shape index (κ3) is 5.59. The average Bonchev–Trinajstić information content (AvgIpc) is 3.08. The number of benzene rings is 1. The molecule has 1 unspecified atom stereocenters. The van der Waals surface area contributed by atoms with Gasteiger partial charge in [0.1, 0.15) is 12.2 Å². The van der Waals surface area contributed by atoms with Crippen molar-refractivity contribution in [3.05, 3.63) is 47.5 Å². The molecule has 1 saturated heterocycles. The van der Waals surface area contributed by atoms with E-state index in [0.717, 1.165) is 44.3 Å². The fourth-order valence-electron chi connectivity index (χ4n) is 4.43. The Morgan fingerprint density at radius 2 is 1.93 bits per heavy atom. The Bertz CT molecular complexity index is 820. The number of likely N-dealkylation sites (tertiary alicyclic amines) is 1. The molecule has 1 aromatic carbocycles. The van der Waals surface area contributed by atoms with Crippen LogP contribution >= 0.6 is 0 Å². The van der Waals surface area contributed by atoms with Gasteiger partial charge in [0, 0.05) is 25.6 Å². The zero-order chi connectivity index (χ0) is 20.6. The summed E-state index contributed by atoms with van der Waals surface area (Å²) in [6, 6.07) is 9.10. The van der Waals surface area contributed by atoms with Crippen LogP contribution in [-0.2, 0) is 26.1 Å². The van der Waals surface area contributed by atoms with Gasteiger partial charge in [-0.25, -0.2) is 14.7 Å². The molecule has 30 heavy (non-hydrogen) atoms. The summed E-state index contributed by atoms with van der Waals surface area (Å²) in [4.78, 5) is 11.9. The third-order valence-electron chi connectivity index (χ3n) is 6.11. The maximum absolute atomic E-state index is 4.92. The highest BCUT2D eigenvalue weighted by molar-refractivity contribution is 5.80. The van der Waals surface area contributed by atoms with Gasteiger partial charge in [-0.05, 0) is 50.4 Å².